The molecule has 1 aromatic heterocycles. The van der Waals surface area contributed by atoms with Gasteiger partial charge in [0.15, 0.2) is 5.43 Å². The lowest BCUT2D eigenvalue weighted by molar-refractivity contribution is -0.133. The highest BCUT2D eigenvalue weighted by molar-refractivity contribution is 5.94. The molecule has 0 aliphatic carbocycles. The van der Waals surface area contributed by atoms with Crippen molar-refractivity contribution in [2.75, 3.05) is 40.5 Å². The van der Waals surface area contributed by atoms with Gasteiger partial charge in [0.1, 0.15) is 6.54 Å². The van der Waals surface area contributed by atoms with Crippen molar-refractivity contribution in [2.24, 2.45) is 0 Å². The van der Waals surface area contributed by atoms with Crippen LogP contribution in [0.15, 0.2) is 53.3 Å². The van der Waals surface area contributed by atoms with E-state index < -0.39 is 0 Å². The number of benzene rings is 2. The molecule has 0 N–H and O–H groups in total. The normalized spacial score (nSPS) is 11.2. The first-order chi connectivity index (χ1) is 13.2. The number of aromatic nitrogens is 1. The highest BCUT2D eigenvalue weighted by Gasteiger charge is 2.17. The van der Waals surface area contributed by atoms with Crippen LogP contribution in [0.25, 0.3) is 21.8 Å². The maximum Gasteiger partial charge on any atom is 0.242 e. The average molecular weight is 368 g/mol. The van der Waals surface area contributed by atoms with Crippen molar-refractivity contribution in [3.05, 3.63) is 58.8 Å². The lowest BCUT2D eigenvalue weighted by Gasteiger charge is -2.24. The molecule has 0 spiro atoms. The number of hydrogen-bond donors (Lipinski definition) is 0. The summed E-state index contributed by atoms with van der Waals surface area (Å²) in [5.41, 5.74) is 1.50. The Morgan fingerprint density at radius 1 is 0.889 bits per heavy atom. The molecule has 0 aliphatic heterocycles. The second-order valence-corrected chi connectivity index (χ2v) is 6.32. The molecule has 1 heterocycles. The summed E-state index contributed by atoms with van der Waals surface area (Å²) in [7, 11) is 3.23. The Kier molecular flexibility index (Phi) is 6.21. The van der Waals surface area contributed by atoms with Gasteiger partial charge in [-0.1, -0.05) is 24.3 Å². The van der Waals surface area contributed by atoms with E-state index >= 15 is 0 Å². The number of pyridine rings is 1. The predicted octanol–water partition coefficient (Wildman–Crippen LogP) is 2.28. The van der Waals surface area contributed by atoms with E-state index in [4.69, 9.17) is 9.47 Å². The van der Waals surface area contributed by atoms with Crippen molar-refractivity contribution >= 4 is 27.7 Å². The van der Waals surface area contributed by atoms with Crippen LogP contribution in [-0.4, -0.2) is 55.9 Å². The number of methoxy groups -OCH3 is 2. The number of carbonyl (C=O) groups excluding carboxylic acids is 1. The van der Waals surface area contributed by atoms with Crippen molar-refractivity contribution in [1.29, 1.82) is 0 Å². The summed E-state index contributed by atoms with van der Waals surface area (Å²) in [4.78, 5) is 27.5. The number of carbonyl (C=O) groups is 1. The monoisotopic (exact) mass is 368 g/mol. The Hall–Kier alpha value is -2.70. The number of nitrogens with zero attached hydrogens (tertiary/aromatic N) is 2. The number of rotatable bonds is 8. The third-order valence-corrected chi connectivity index (χ3v) is 4.66. The third-order valence-electron chi connectivity index (χ3n) is 4.66. The van der Waals surface area contributed by atoms with E-state index in [9.17, 15) is 9.59 Å². The number of fused-ring (bicyclic) bond motifs is 2. The highest BCUT2D eigenvalue weighted by atomic mass is 16.5. The molecule has 0 bridgehead atoms. The molecule has 3 rings (SSSR count). The fourth-order valence-corrected chi connectivity index (χ4v) is 3.25. The quantitative estimate of drug-likeness (QED) is 0.573. The lowest BCUT2D eigenvalue weighted by Crippen LogP contribution is -2.38. The van der Waals surface area contributed by atoms with Gasteiger partial charge in [-0.15, -0.1) is 0 Å². The van der Waals surface area contributed by atoms with Gasteiger partial charge < -0.3 is 18.9 Å². The highest BCUT2D eigenvalue weighted by Crippen LogP contribution is 2.19. The molecule has 2 aromatic carbocycles. The Morgan fingerprint density at radius 2 is 1.37 bits per heavy atom. The van der Waals surface area contributed by atoms with Crippen molar-refractivity contribution in [1.82, 2.24) is 9.47 Å². The molecular weight excluding hydrogens is 344 g/mol. The van der Waals surface area contributed by atoms with E-state index in [1.54, 1.807) is 31.3 Å². The van der Waals surface area contributed by atoms with E-state index in [1.807, 2.05) is 41.0 Å². The van der Waals surface area contributed by atoms with E-state index in [0.29, 0.717) is 37.1 Å². The maximum absolute atomic E-state index is 13.0. The van der Waals surface area contributed by atoms with Crippen LogP contribution in [0.1, 0.15) is 0 Å². The van der Waals surface area contributed by atoms with E-state index in [1.165, 1.54) is 0 Å². The topological polar surface area (TPSA) is 60.8 Å². The molecule has 0 fully saturated rings. The number of amides is 1. The summed E-state index contributed by atoms with van der Waals surface area (Å²) in [6.45, 7) is 2.06. The van der Waals surface area contributed by atoms with E-state index in [-0.39, 0.29) is 17.9 Å². The van der Waals surface area contributed by atoms with Crippen LogP contribution in [-0.2, 0) is 20.8 Å². The first-order valence-corrected chi connectivity index (χ1v) is 8.93. The van der Waals surface area contributed by atoms with Crippen LogP contribution in [0, 0.1) is 0 Å². The summed E-state index contributed by atoms with van der Waals surface area (Å²) in [5.74, 6) is -0.0388. The molecular formula is C21H24N2O4. The molecule has 0 unspecified atom stereocenters. The molecule has 142 valence electrons. The van der Waals surface area contributed by atoms with Gasteiger partial charge in [-0.2, -0.15) is 0 Å². The van der Waals surface area contributed by atoms with Crippen molar-refractivity contribution < 1.29 is 14.3 Å². The van der Waals surface area contributed by atoms with Crippen LogP contribution < -0.4 is 5.43 Å². The van der Waals surface area contributed by atoms with Crippen molar-refractivity contribution in [3.8, 4) is 0 Å². The molecule has 1 amide bonds. The number of para-hydroxylation sites is 2. The Morgan fingerprint density at radius 3 is 1.85 bits per heavy atom. The van der Waals surface area contributed by atoms with Crippen LogP contribution in [0.4, 0.5) is 0 Å². The summed E-state index contributed by atoms with van der Waals surface area (Å²) in [6, 6.07) is 14.8. The summed E-state index contributed by atoms with van der Waals surface area (Å²) in [6.07, 6.45) is 0. The molecule has 0 saturated heterocycles. The lowest BCUT2D eigenvalue weighted by atomic mass is 10.1. The van der Waals surface area contributed by atoms with Crippen LogP contribution >= 0.6 is 0 Å². The second kappa shape index (κ2) is 8.79. The fraction of sp³-hybridized carbons (Fsp3) is 0.333. The minimum Gasteiger partial charge on any atom is -0.383 e. The standard InChI is InChI=1S/C21H24N2O4/c1-26-13-11-22(12-14-27-2)20(24)15-23-18-9-5-3-7-16(18)21(25)17-8-4-6-10-19(17)23/h3-10H,11-15H2,1-2H3. The van der Waals surface area contributed by atoms with Gasteiger partial charge in [-0.25, -0.2) is 0 Å². The Balaban J connectivity index is 2.05. The van der Waals surface area contributed by atoms with E-state index in [2.05, 4.69) is 0 Å². The number of ether oxygens (including phenoxy) is 2. The van der Waals surface area contributed by atoms with Crippen molar-refractivity contribution in [3.63, 3.8) is 0 Å². The third kappa shape index (κ3) is 4.02. The minimum atomic E-state index is -0.0388. The average Bonchev–Trinajstić information content (AvgIpc) is 2.71. The first-order valence-electron chi connectivity index (χ1n) is 8.93. The van der Waals surface area contributed by atoms with Crippen LogP contribution in [0.5, 0.6) is 0 Å². The fourth-order valence-electron chi connectivity index (χ4n) is 3.25. The van der Waals surface area contributed by atoms with Crippen LogP contribution in [0.2, 0.25) is 0 Å². The number of hydrogen-bond acceptors (Lipinski definition) is 4. The SMILES string of the molecule is COCCN(CCOC)C(=O)Cn1c2ccccc2c(=O)c2ccccc21. The van der Waals surface area contributed by atoms with Crippen molar-refractivity contribution in [2.45, 2.75) is 6.54 Å². The zero-order valence-corrected chi connectivity index (χ0v) is 15.7. The van der Waals surface area contributed by atoms with E-state index in [0.717, 1.165) is 11.0 Å². The van der Waals surface area contributed by atoms with Gasteiger partial charge in [-0.3, -0.25) is 9.59 Å². The Bertz CT molecular complexity index is 928. The zero-order chi connectivity index (χ0) is 19.2. The van der Waals surface area contributed by atoms with Gasteiger partial charge in [0.05, 0.1) is 24.2 Å². The van der Waals surface area contributed by atoms with Gasteiger partial charge in [0.2, 0.25) is 5.91 Å². The molecule has 0 atom stereocenters. The predicted molar refractivity (Wildman–Crippen MR) is 106 cm³/mol. The molecule has 6 heteroatoms. The summed E-state index contributed by atoms with van der Waals surface area (Å²) in [5, 5.41) is 1.23. The summed E-state index contributed by atoms with van der Waals surface area (Å²) < 4.78 is 12.2. The molecule has 6 nitrogen and oxygen atoms in total. The molecule has 0 saturated carbocycles. The molecule has 3 aromatic rings. The molecule has 0 aliphatic rings. The van der Waals surface area contributed by atoms with Crippen LogP contribution in [0.3, 0.4) is 0 Å². The molecule has 27 heavy (non-hydrogen) atoms. The maximum atomic E-state index is 13.0. The van der Waals surface area contributed by atoms with Gasteiger partial charge in [-0.05, 0) is 24.3 Å². The largest absolute Gasteiger partial charge is 0.383 e. The first kappa shape index (κ1) is 19.1. The van der Waals surface area contributed by atoms with Gasteiger partial charge in [0.25, 0.3) is 0 Å². The van der Waals surface area contributed by atoms with Gasteiger partial charge in [0, 0.05) is 38.1 Å². The smallest absolute Gasteiger partial charge is 0.242 e. The molecule has 0 radical (unpaired) electrons. The Labute approximate surface area is 157 Å². The summed E-state index contributed by atoms with van der Waals surface area (Å²) >= 11 is 0. The minimum absolute atomic E-state index is 0.0134. The second-order valence-electron chi connectivity index (χ2n) is 6.32. The zero-order valence-electron chi connectivity index (χ0n) is 15.7. The van der Waals surface area contributed by atoms with Gasteiger partial charge >= 0.3 is 0 Å².